The van der Waals surface area contributed by atoms with Gasteiger partial charge in [-0.15, -0.1) is 0 Å². The first kappa shape index (κ1) is 14.1. The number of hydrogen-bond donors (Lipinski definition) is 1. The van der Waals surface area contributed by atoms with Crippen LogP contribution in [0.4, 0.5) is 17.1 Å². The summed E-state index contributed by atoms with van der Waals surface area (Å²) in [6, 6.07) is 11.3. The third kappa shape index (κ3) is 3.18. The largest absolute Gasteiger partial charge is 0.322 e. The topological polar surface area (TPSA) is 115 Å². The van der Waals surface area contributed by atoms with Crippen LogP contribution in [0.25, 0.3) is 0 Å². The summed E-state index contributed by atoms with van der Waals surface area (Å²) in [6.45, 7) is 0. The first-order chi connectivity index (χ1) is 9.99. The quantitative estimate of drug-likeness (QED) is 0.685. The van der Waals surface area contributed by atoms with Crippen molar-refractivity contribution in [2.45, 2.75) is 0 Å². The van der Waals surface area contributed by atoms with Gasteiger partial charge in [0.1, 0.15) is 5.56 Å². The lowest BCUT2D eigenvalue weighted by Gasteiger charge is -2.05. The highest BCUT2D eigenvalue weighted by atomic mass is 16.6. The summed E-state index contributed by atoms with van der Waals surface area (Å²) < 4.78 is 0. The van der Waals surface area contributed by atoms with Crippen molar-refractivity contribution in [1.29, 1.82) is 0 Å². The molecule has 0 radical (unpaired) electrons. The van der Waals surface area contributed by atoms with E-state index < -0.39 is 27.1 Å². The third-order valence-electron chi connectivity index (χ3n) is 2.67. The van der Waals surface area contributed by atoms with Crippen LogP contribution in [-0.4, -0.2) is 15.8 Å². The van der Waals surface area contributed by atoms with E-state index >= 15 is 0 Å². The zero-order chi connectivity index (χ0) is 15.4. The Morgan fingerprint density at radius 2 is 1.62 bits per heavy atom. The number of rotatable bonds is 4. The van der Waals surface area contributed by atoms with Crippen molar-refractivity contribution in [3.63, 3.8) is 0 Å². The number of amides is 1. The molecule has 0 aliphatic rings. The molecule has 0 spiro atoms. The number of carbonyl (C=O) groups excluding carboxylic acids is 1. The molecule has 0 aliphatic carbocycles. The second kappa shape index (κ2) is 5.78. The van der Waals surface area contributed by atoms with Gasteiger partial charge >= 0.3 is 0 Å². The number of hydrogen-bond acceptors (Lipinski definition) is 5. The summed E-state index contributed by atoms with van der Waals surface area (Å²) in [5.41, 5.74) is -0.833. The number of nitrogens with one attached hydrogen (secondary N) is 1. The number of anilines is 1. The van der Waals surface area contributed by atoms with Crippen molar-refractivity contribution < 1.29 is 14.6 Å². The van der Waals surface area contributed by atoms with Gasteiger partial charge in [-0.05, 0) is 18.2 Å². The Hall–Kier alpha value is -3.29. The van der Waals surface area contributed by atoms with Crippen LogP contribution in [0.1, 0.15) is 10.4 Å². The van der Waals surface area contributed by atoms with Gasteiger partial charge in [0.2, 0.25) is 0 Å². The number of para-hydroxylation sites is 1. The van der Waals surface area contributed by atoms with Crippen molar-refractivity contribution in [3.8, 4) is 0 Å². The lowest BCUT2D eigenvalue weighted by Crippen LogP contribution is -2.14. The Morgan fingerprint density at radius 3 is 2.19 bits per heavy atom. The van der Waals surface area contributed by atoms with Gasteiger partial charge in [0, 0.05) is 11.8 Å². The number of carbonyl (C=O) groups is 1. The van der Waals surface area contributed by atoms with Gasteiger partial charge < -0.3 is 5.32 Å². The molecule has 0 bridgehead atoms. The van der Waals surface area contributed by atoms with Crippen molar-refractivity contribution in [2.75, 3.05) is 5.32 Å². The molecule has 0 heterocycles. The van der Waals surface area contributed by atoms with Crippen LogP contribution in [0.3, 0.4) is 0 Å². The lowest BCUT2D eigenvalue weighted by atomic mass is 10.1. The summed E-state index contributed by atoms with van der Waals surface area (Å²) in [6.07, 6.45) is 0. The van der Waals surface area contributed by atoms with E-state index in [1.165, 1.54) is 0 Å². The molecule has 0 atom stereocenters. The molecule has 1 amide bonds. The molecule has 21 heavy (non-hydrogen) atoms. The first-order valence-electron chi connectivity index (χ1n) is 5.78. The Labute approximate surface area is 118 Å². The Bertz CT molecular complexity index is 715. The van der Waals surface area contributed by atoms with Crippen LogP contribution in [-0.2, 0) is 0 Å². The van der Waals surface area contributed by atoms with Crippen LogP contribution in [0.5, 0.6) is 0 Å². The summed E-state index contributed by atoms with van der Waals surface area (Å²) in [4.78, 5) is 32.0. The molecule has 106 valence electrons. The minimum absolute atomic E-state index is 0.241. The number of benzene rings is 2. The van der Waals surface area contributed by atoms with Crippen LogP contribution >= 0.6 is 0 Å². The maximum absolute atomic E-state index is 12.0. The molecule has 8 nitrogen and oxygen atoms in total. The van der Waals surface area contributed by atoms with Crippen molar-refractivity contribution >= 4 is 23.0 Å². The van der Waals surface area contributed by atoms with Crippen LogP contribution in [0, 0.1) is 20.2 Å². The normalized spacial score (nSPS) is 9.90. The average Bonchev–Trinajstić information content (AvgIpc) is 2.47. The van der Waals surface area contributed by atoms with Crippen LogP contribution < -0.4 is 5.32 Å². The maximum atomic E-state index is 12.0. The third-order valence-corrected chi connectivity index (χ3v) is 2.67. The van der Waals surface area contributed by atoms with Crippen LogP contribution in [0.2, 0.25) is 0 Å². The smallest absolute Gasteiger partial charge is 0.289 e. The van der Waals surface area contributed by atoms with Gasteiger partial charge in [0.05, 0.1) is 15.9 Å². The van der Waals surface area contributed by atoms with E-state index in [2.05, 4.69) is 5.32 Å². The minimum Gasteiger partial charge on any atom is -0.322 e. The molecule has 0 aliphatic heterocycles. The van der Waals surface area contributed by atoms with E-state index in [0.717, 1.165) is 18.2 Å². The molecular formula is C13H9N3O5. The Morgan fingerprint density at radius 1 is 0.952 bits per heavy atom. The molecule has 2 aromatic rings. The number of non-ortho nitro benzene ring substituents is 1. The number of nitrogens with zero attached hydrogens (tertiary/aromatic N) is 2. The van der Waals surface area contributed by atoms with Gasteiger partial charge in [-0.1, -0.05) is 18.2 Å². The van der Waals surface area contributed by atoms with Crippen molar-refractivity contribution in [1.82, 2.24) is 0 Å². The average molecular weight is 287 g/mol. The summed E-state index contributed by atoms with van der Waals surface area (Å²) in [7, 11) is 0. The molecule has 2 rings (SSSR count). The predicted molar refractivity (Wildman–Crippen MR) is 74.1 cm³/mol. The van der Waals surface area contributed by atoms with Crippen molar-refractivity contribution in [2.24, 2.45) is 0 Å². The van der Waals surface area contributed by atoms with E-state index in [1.807, 2.05) is 0 Å². The fourth-order valence-electron chi connectivity index (χ4n) is 1.70. The Kier molecular flexibility index (Phi) is 3.89. The van der Waals surface area contributed by atoms with Gasteiger partial charge in [-0.3, -0.25) is 25.0 Å². The maximum Gasteiger partial charge on any atom is 0.289 e. The van der Waals surface area contributed by atoms with Gasteiger partial charge in [-0.25, -0.2) is 0 Å². The number of nitro benzene ring substituents is 2. The molecule has 0 saturated carbocycles. The molecule has 0 unspecified atom stereocenters. The SMILES string of the molecule is O=C(Nc1ccccc1)c1ccc([N+](=O)[O-])cc1[N+](=O)[O-]. The molecular weight excluding hydrogens is 278 g/mol. The zero-order valence-electron chi connectivity index (χ0n) is 10.6. The molecule has 8 heteroatoms. The predicted octanol–water partition coefficient (Wildman–Crippen LogP) is 2.76. The van der Waals surface area contributed by atoms with E-state index in [0.29, 0.717) is 5.69 Å². The van der Waals surface area contributed by atoms with E-state index in [1.54, 1.807) is 30.3 Å². The highest BCUT2D eigenvalue weighted by molar-refractivity contribution is 6.07. The first-order valence-corrected chi connectivity index (χ1v) is 5.78. The van der Waals surface area contributed by atoms with E-state index in [-0.39, 0.29) is 5.56 Å². The highest BCUT2D eigenvalue weighted by Crippen LogP contribution is 2.25. The minimum atomic E-state index is -0.826. The Balaban J connectivity index is 2.36. The molecule has 1 N–H and O–H groups in total. The van der Waals surface area contributed by atoms with Crippen LogP contribution in [0.15, 0.2) is 48.5 Å². The fourth-order valence-corrected chi connectivity index (χ4v) is 1.70. The molecule has 2 aromatic carbocycles. The second-order valence-electron chi connectivity index (χ2n) is 4.04. The van der Waals surface area contributed by atoms with E-state index in [9.17, 15) is 25.0 Å². The van der Waals surface area contributed by atoms with E-state index in [4.69, 9.17) is 0 Å². The van der Waals surface area contributed by atoms with Gasteiger partial charge in [0.25, 0.3) is 17.3 Å². The highest BCUT2D eigenvalue weighted by Gasteiger charge is 2.24. The van der Waals surface area contributed by atoms with Crippen molar-refractivity contribution in [3.05, 3.63) is 74.3 Å². The second-order valence-corrected chi connectivity index (χ2v) is 4.04. The molecule has 0 saturated heterocycles. The standard InChI is InChI=1S/C13H9N3O5/c17-13(14-9-4-2-1-3-5-9)11-7-6-10(15(18)19)8-12(11)16(20)21/h1-8H,(H,14,17). The number of nitro groups is 2. The van der Waals surface area contributed by atoms with Gasteiger partial charge in [0.15, 0.2) is 0 Å². The summed E-state index contributed by atoms with van der Waals surface area (Å²) in [5, 5.41) is 24.1. The van der Waals surface area contributed by atoms with Gasteiger partial charge in [-0.2, -0.15) is 0 Å². The summed E-state index contributed by atoms with van der Waals surface area (Å²) >= 11 is 0. The fraction of sp³-hybridized carbons (Fsp3) is 0. The lowest BCUT2D eigenvalue weighted by molar-refractivity contribution is -0.394. The molecule has 0 aromatic heterocycles. The zero-order valence-corrected chi connectivity index (χ0v) is 10.6. The summed E-state index contributed by atoms with van der Waals surface area (Å²) in [5.74, 6) is -0.706. The monoisotopic (exact) mass is 287 g/mol. The molecule has 0 fully saturated rings.